The van der Waals surface area contributed by atoms with E-state index in [1.165, 1.54) is 10.9 Å². The molecule has 2 aromatic carbocycles. The summed E-state index contributed by atoms with van der Waals surface area (Å²) in [6.07, 6.45) is -0.445. The third kappa shape index (κ3) is 6.79. The molecule has 0 aliphatic rings. The van der Waals surface area contributed by atoms with Crippen LogP contribution in [0, 0.1) is 0 Å². The zero-order valence-electron chi connectivity index (χ0n) is 20.9. The van der Waals surface area contributed by atoms with Crippen molar-refractivity contribution >= 4 is 35.1 Å². The molecule has 0 fully saturated rings. The molecule has 2 aromatic heterocycles. The van der Waals surface area contributed by atoms with Crippen LogP contribution < -0.4 is 10.9 Å². The number of ether oxygens (including phenoxy) is 1. The number of carbonyl (C=O) groups excluding carboxylic acids is 2. The van der Waals surface area contributed by atoms with E-state index in [1.54, 1.807) is 0 Å². The summed E-state index contributed by atoms with van der Waals surface area (Å²) in [5.74, 6) is -2.14. The van der Waals surface area contributed by atoms with Gasteiger partial charge in [-0.3, -0.25) is 24.7 Å². The van der Waals surface area contributed by atoms with Gasteiger partial charge in [0.25, 0.3) is 5.56 Å². The second-order valence-corrected chi connectivity index (χ2v) is 8.35. The highest BCUT2D eigenvalue weighted by atomic mass is 16.6. The molecule has 0 saturated heterocycles. The molecule has 0 atom stereocenters. The highest BCUT2D eigenvalue weighted by molar-refractivity contribution is 5.85. The lowest BCUT2D eigenvalue weighted by Crippen LogP contribution is -2.39. The van der Waals surface area contributed by atoms with E-state index in [2.05, 4.69) is 30.3 Å². The van der Waals surface area contributed by atoms with E-state index in [4.69, 9.17) is 15.4 Å². The summed E-state index contributed by atoms with van der Waals surface area (Å²) in [4.78, 5) is 63.6. The van der Waals surface area contributed by atoms with Crippen LogP contribution in [-0.4, -0.2) is 67.1 Å². The molecule has 0 spiro atoms. The van der Waals surface area contributed by atoms with Gasteiger partial charge >= 0.3 is 12.1 Å². The number of aromatic nitrogens is 4. The molecule has 0 aliphatic heterocycles. The molecule has 0 saturated carbocycles. The van der Waals surface area contributed by atoms with Crippen LogP contribution in [0.3, 0.4) is 0 Å². The molecular formula is C25H23N9O6. The number of nitrogens with zero attached hydrogens (tertiary/aromatic N) is 7. The molecule has 0 radical (unpaired) electrons. The second-order valence-electron chi connectivity index (χ2n) is 8.35. The van der Waals surface area contributed by atoms with Crippen LogP contribution in [0.15, 0.2) is 76.9 Å². The Labute approximate surface area is 225 Å². The van der Waals surface area contributed by atoms with Gasteiger partial charge in [0.1, 0.15) is 13.1 Å². The van der Waals surface area contributed by atoms with E-state index in [9.17, 15) is 19.2 Å². The fourth-order valence-electron chi connectivity index (χ4n) is 3.86. The van der Waals surface area contributed by atoms with Gasteiger partial charge in [0.2, 0.25) is 11.9 Å². The third-order valence-corrected chi connectivity index (χ3v) is 5.64. The number of imidazole rings is 1. The number of hydrogen-bond acceptors (Lipinski definition) is 8. The monoisotopic (exact) mass is 545 g/mol. The van der Waals surface area contributed by atoms with Crippen LogP contribution in [0.5, 0.6) is 0 Å². The maximum absolute atomic E-state index is 12.9. The summed E-state index contributed by atoms with van der Waals surface area (Å²) in [6, 6.07) is 18.2. The molecule has 204 valence electrons. The van der Waals surface area contributed by atoms with Crippen LogP contribution >= 0.6 is 0 Å². The lowest BCUT2D eigenvalue weighted by molar-refractivity contribution is -0.144. The molecule has 4 aromatic rings. The number of nitrogens with one attached hydrogen (secondary N) is 2. The van der Waals surface area contributed by atoms with E-state index in [0.29, 0.717) is 0 Å². The van der Waals surface area contributed by atoms with Crippen LogP contribution in [-0.2, 0) is 20.9 Å². The molecule has 2 amide bonds. The lowest BCUT2D eigenvalue weighted by Gasteiger charge is -2.20. The van der Waals surface area contributed by atoms with Crippen LogP contribution in [0.2, 0.25) is 0 Å². The Morgan fingerprint density at radius 2 is 1.77 bits per heavy atom. The van der Waals surface area contributed by atoms with Crippen molar-refractivity contribution in [2.45, 2.75) is 12.6 Å². The average Bonchev–Trinajstić information content (AvgIpc) is 3.35. The van der Waals surface area contributed by atoms with Gasteiger partial charge < -0.3 is 19.3 Å². The summed E-state index contributed by atoms with van der Waals surface area (Å²) in [5.41, 5.74) is 9.09. The maximum atomic E-state index is 12.9. The Balaban J connectivity index is 1.54. The molecule has 15 nitrogen and oxygen atoms in total. The van der Waals surface area contributed by atoms with Gasteiger partial charge in [0, 0.05) is 18.0 Å². The Morgan fingerprint density at radius 3 is 2.38 bits per heavy atom. The number of benzene rings is 2. The van der Waals surface area contributed by atoms with Gasteiger partial charge in [-0.25, -0.2) is 9.78 Å². The maximum Gasteiger partial charge on any atom is 0.414 e. The van der Waals surface area contributed by atoms with Gasteiger partial charge in [0.15, 0.2) is 17.3 Å². The minimum absolute atomic E-state index is 0.0274. The van der Waals surface area contributed by atoms with Gasteiger partial charge in [-0.2, -0.15) is 4.98 Å². The number of amides is 2. The van der Waals surface area contributed by atoms with E-state index < -0.39 is 42.7 Å². The number of azide groups is 1. The highest BCUT2D eigenvalue weighted by Crippen LogP contribution is 2.26. The van der Waals surface area contributed by atoms with Crippen LogP contribution in [0.25, 0.3) is 21.6 Å². The summed E-state index contributed by atoms with van der Waals surface area (Å²) in [7, 11) is 0. The second kappa shape index (κ2) is 12.7. The van der Waals surface area contributed by atoms with Crippen LogP contribution in [0.4, 0.5) is 10.7 Å². The first-order valence-corrected chi connectivity index (χ1v) is 11.9. The van der Waals surface area contributed by atoms with E-state index in [-0.39, 0.29) is 30.2 Å². The molecule has 40 heavy (non-hydrogen) atoms. The van der Waals surface area contributed by atoms with E-state index >= 15 is 0 Å². The van der Waals surface area contributed by atoms with Crippen molar-refractivity contribution in [3.05, 3.63) is 98.9 Å². The lowest BCUT2D eigenvalue weighted by atomic mass is 10.0. The summed E-state index contributed by atoms with van der Waals surface area (Å²) in [6.45, 7) is -1.28. The number of aliphatic carboxylic acids is 1. The fourth-order valence-corrected chi connectivity index (χ4v) is 3.86. The number of fused-ring (bicyclic) bond motifs is 1. The molecule has 2 heterocycles. The van der Waals surface area contributed by atoms with E-state index in [0.717, 1.165) is 16.0 Å². The van der Waals surface area contributed by atoms with Crippen molar-refractivity contribution in [1.29, 1.82) is 0 Å². The zero-order valence-corrected chi connectivity index (χ0v) is 20.9. The van der Waals surface area contributed by atoms with Crippen molar-refractivity contribution in [3.63, 3.8) is 0 Å². The fraction of sp³-hybridized carbons (Fsp3) is 0.200. The smallest absolute Gasteiger partial charge is 0.414 e. The topological polar surface area (TPSA) is 208 Å². The predicted molar refractivity (Wildman–Crippen MR) is 141 cm³/mol. The number of anilines is 1. The minimum Gasteiger partial charge on any atom is -0.480 e. The van der Waals surface area contributed by atoms with Crippen molar-refractivity contribution in [3.8, 4) is 0 Å². The largest absolute Gasteiger partial charge is 0.480 e. The number of carboxylic acid groups (broad SMARTS) is 1. The Kier molecular flexibility index (Phi) is 8.69. The van der Waals surface area contributed by atoms with Crippen molar-refractivity contribution in [2.75, 3.05) is 25.0 Å². The number of H-pyrrole nitrogens is 1. The van der Waals surface area contributed by atoms with Gasteiger partial charge in [-0.15, -0.1) is 0 Å². The van der Waals surface area contributed by atoms with E-state index in [1.807, 2.05) is 60.7 Å². The molecule has 15 heteroatoms. The van der Waals surface area contributed by atoms with Gasteiger partial charge in [-0.1, -0.05) is 65.8 Å². The summed E-state index contributed by atoms with van der Waals surface area (Å²) < 4.78 is 6.92. The number of carbonyl (C=O) groups is 3. The summed E-state index contributed by atoms with van der Waals surface area (Å²) in [5, 5.41) is 14.9. The van der Waals surface area contributed by atoms with Gasteiger partial charge in [0.05, 0.1) is 6.33 Å². The van der Waals surface area contributed by atoms with Crippen molar-refractivity contribution in [1.82, 2.24) is 24.4 Å². The molecule has 0 aliphatic carbocycles. The number of carboxylic acids is 1. The first kappa shape index (κ1) is 27.3. The van der Waals surface area contributed by atoms with Crippen molar-refractivity contribution in [2.24, 2.45) is 5.11 Å². The molecule has 4 rings (SSSR count). The standard InChI is InChI=1S/C25H23N9O6/c26-32-28-11-12-33(14-19(36)37)18(35)13-34-15-27-20-22(34)29-24(30-23(20)38)31-25(39)40-21(16-7-3-1-4-8-16)17-9-5-2-6-10-17/h1-10,15,21H,11-14H2,(H,36,37)(H2,29,30,31,38,39). The molecule has 0 unspecified atom stereocenters. The normalized spacial score (nSPS) is 10.6. The van der Waals surface area contributed by atoms with Crippen LogP contribution in [0.1, 0.15) is 17.2 Å². The molecular weight excluding hydrogens is 522 g/mol. The predicted octanol–water partition coefficient (Wildman–Crippen LogP) is 2.68. The SMILES string of the molecule is [N-]=[N+]=NCCN(CC(=O)O)C(=O)Cn1cnc2c(=O)[nH]c(NC(=O)OC(c3ccccc3)c3ccccc3)nc21. The average molecular weight is 546 g/mol. The Bertz CT molecular complexity index is 1570. The molecule has 0 bridgehead atoms. The highest BCUT2D eigenvalue weighted by Gasteiger charge is 2.22. The first-order valence-electron chi connectivity index (χ1n) is 11.9. The number of hydrogen-bond donors (Lipinski definition) is 3. The van der Waals surface area contributed by atoms with Gasteiger partial charge in [-0.05, 0) is 16.7 Å². The minimum atomic E-state index is -1.26. The van der Waals surface area contributed by atoms with Crippen molar-refractivity contribution < 1.29 is 24.2 Å². The Hall–Kier alpha value is -5.69. The number of rotatable bonds is 11. The Morgan fingerprint density at radius 1 is 1.12 bits per heavy atom. The third-order valence-electron chi connectivity index (χ3n) is 5.64. The summed E-state index contributed by atoms with van der Waals surface area (Å²) >= 11 is 0. The first-order chi connectivity index (χ1) is 19.4. The zero-order chi connectivity index (χ0) is 28.5. The number of aromatic amines is 1. The molecule has 3 N–H and O–H groups in total. The quantitative estimate of drug-likeness (QED) is 0.145.